The molecule has 0 aliphatic rings. The summed E-state index contributed by atoms with van der Waals surface area (Å²) in [4.78, 5) is 15.0. The first kappa shape index (κ1) is 35.0. The Balaban J connectivity index is 1.69. The number of nitrogens with one attached hydrogen (secondary N) is 1. The molecule has 7 heteroatoms. The fourth-order valence-corrected chi connectivity index (χ4v) is 4.89. The van der Waals surface area contributed by atoms with Crippen molar-refractivity contribution in [3.8, 4) is 5.75 Å². The number of hydrogen-bond acceptors (Lipinski definition) is 2. The lowest BCUT2D eigenvalue weighted by Gasteiger charge is -2.30. The van der Waals surface area contributed by atoms with E-state index in [0.717, 1.165) is 43.6 Å². The SMILES string of the molecule is CCc1ccc(NC(=O)N(CCCCOc2ccc(C(C)(C)CC)cc2C(C)(C)CC)Cc2ccc(C(F)(F)F)cc2)cc1. The van der Waals surface area contributed by atoms with E-state index in [0.29, 0.717) is 30.8 Å². The molecule has 0 saturated heterocycles. The molecule has 0 spiro atoms. The normalized spacial score (nSPS) is 12.2. The van der Waals surface area contributed by atoms with Crippen LogP contribution in [0.5, 0.6) is 5.75 Å². The van der Waals surface area contributed by atoms with E-state index in [1.165, 1.54) is 28.8 Å². The Morgan fingerprint density at radius 2 is 1.36 bits per heavy atom. The van der Waals surface area contributed by atoms with Crippen LogP contribution in [0, 0.1) is 0 Å². The molecule has 1 N–H and O–H groups in total. The fraction of sp³-hybridized carbons (Fsp3) is 0.486. The molecule has 0 saturated carbocycles. The lowest BCUT2D eigenvalue weighted by Crippen LogP contribution is -2.35. The predicted octanol–water partition coefficient (Wildman–Crippen LogP) is 10.5. The molecule has 0 unspecified atom stereocenters. The molecule has 0 bridgehead atoms. The molecule has 3 aromatic rings. The van der Waals surface area contributed by atoms with Crippen molar-refractivity contribution >= 4 is 11.7 Å². The van der Waals surface area contributed by atoms with Crippen LogP contribution in [0.2, 0.25) is 0 Å². The Labute approximate surface area is 262 Å². The summed E-state index contributed by atoms with van der Waals surface area (Å²) in [7, 11) is 0. The number of urea groups is 1. The molecular formula is C37H49F3N2O2. The zero-order valence-electron chi connectivity index (χ0n) is 27.4. The number of ether oxygens (including phenoxy) is 1. The Kier molecular flexibility index (Phi) is 11.9. The van der Waals surface area contributed by atoms with E-state index in [-0.39, 0.29) is 23.4 Å². The van der Waals surface area contributed by atoms with E-state index in [9.17, 15) is 18.0 Å². The molecule has 2 amide bonds. The molecular weight excluding hydrogens is 561 g/mol. The lowest BCUT2D eigenvalue weighted by molar-refractivity contribution is -0.137. The summed E-state index contributed by atoms with van der Waals surface area (Å²) in [5.74, 6) is 0.891. The summed E-state index contributed by atoms with van der Waals surface area (Å²) in [5, 5.41) is 2.94. The van der Waals surface area contributed by atoms with Crippen molar-refractivity contribution in [2.75, 3.05) is 18.5 Å². The van der Waals surface area contributed by atoms with Crippen LogP contribution in [0.3, 0.4) is 0 Å². The zero-order valence-corrected chi connectivity index (χ0v) is 27.4. The number of benzene rings is 3. The highest BCUT2D eigenvalue weighted by atomic mass is 19.4. The molecule has 3 rings (SSSR count). The Hall–Kier alpha value is -3.48. The van der Waals surface area contributed by atoms with Gasteiger partial charge in [0.2, 0.25) is 0 Å². The van der Waals surface area contributed by atoms with Crippen molar-refractivity contribution in [1.29, 1.82) is 0 Å². The van der Waals surface area contributed by atoms with Crippen LogP contribution >= 0.6 is 0 Å². The first-order chi connectivity index (χ1) is 20.7. The van der Waals surface area contributed by atoms with Crippen LogP contribution in [0.25, 0.3) is 0 Å². The summed E-state index contributed by atoms with van der Waals surface area (Å²) in [6.45, 7) is 16.6. The van der Waals surface area contributed by atoms with E-state index in [1.807, 2.05) is 24.3 Å². The van der Waals surface area contributed by atoms with Crippen molar-refractivity contribution in [3.63, 3.8) is 0 Å². The zero-order chi connectivity index (χ0) is 32.5. The van der Waals surface area contributed by atoms with Gasteiger partial charge in [-0.05, 0) is 90.0 Å². The highest BCUT2D eigenvalue weighted by Gasteiger charge is 2.30. The van der Waals surface area contributed by atoms with Gasteiger partial charge in [0.25, 0.3) is 0 Å². The van der Waals surface area contributed by atoms with Gasteiger partial charge < -0.3 is 15.0 Å². The minimum atomic E-state index is -4.40. The number of unbranched alkanes of at least 4 members (excludes halogenated alkanes) is 1. The maximum atomic E-state index is 13.3. The minimum Gasteiger partial charge on any atom is -0.493 e. The van der Waals surface area contributed by atoms with E-state index >= 15 is 0 Å². The topological polar surface area (TPSA) is 41.6 Å². The van der Waals surface area contributed by atoms with Crippen LogP contribution in [0.1, 0.15) is 102 Å². The maximum absolute atomic E-state index is 13.3. The highest BCUT2D eigenvalue weighted by molar-refractivity contribution is 5.89. The predicted molar refractivity (Wildman–Crippen MR) is 174 cm³/mol. The van der Waals surface area contributed by atoms with Gasteiger partial charge in [-0.1, -0.05) is 84.9 Å². The maximum Gasteiger partial charge on any atom is 0.416 e. The second-order valence-electron chi connectivity index (χ2n) is 12.8. The van der Waals surface area contributed by atoms with E-state index in [4.69, 9.17) is 4.74 Å². The average Bonchev–Trinajstić information content (AvgIpc) is 3.00. The number of amides is 2. The number of rotatable bonds is 14. The molecule has 0 aliphatic heterocycles. The molecule has 0 heterocycles. The largest absolute Gasteiger partial charge is 0.493 e. The van der Waals surface area contributed by atoms with Gasteiger partial charge in [-0.3, -0.25) is 0 Å². The number of nitrogens with zero attached hydrogens (tertiary/aromatic N) is 1. The third kappa shape index (κ3) is 9.51. The van der Waals surface area contributed by atoms with Gasteiger partial charge in [0, 0.05) is 24.3 Å². The Morgan fingerprint density at radius 1 is 0.773 bits per heavy atom. The quantitative estimate of drug-likeness (QED) is 0.185. The van der Waals surface area contributed by atoms with Crippen LogP contribution in [-0.4, -0.2) is 24.1 Å². The van der Waals surface area contributed by atoms with Crippen molar-refractivity contribution in [1.82, 2.24) is 4.90 Å². The third-order valence-electron chi connectivity index (χ3n) is 8.89. The van der Waals surface area contributed by atoms with Gasteiger partial charge in [0.15, 0.2) is 0 Å². The summed E-state index contributed by atoms with van der Waals surface area (Å²) in [6, 6.07) is 18.9. The monoisotopic (exact) mass is 610 g/mol. The summed E-state index contributed by atoms with van der Waals surface area (Å²) >= 11 is 0. The first-order valence-corrected chi connectivity index (χ1v) is 15.8. The van der Waals surface area contributed by atoms with Crippen LogP contribution < -0.4 is 10.1 Å². The number of alkyl halides is 3. The van der Waals surface area contributed by atoms with Crippen molar-refractivity contribution in [3.05, 3.63) is 94.5 Å². The second-order valence-corrected chi connectivity index (χ2v) is 12.8. The summed E-state index contributed by atoms with van der Waals surface area (Å²) < 4.78 is 45.6. The van der Waals surface area contributed by atoms with Crippen molar-refractivity contribution in [2.24, 2.45) is 0 Å². The molecule has 0 fully saturated rings. The van der Waals surface area contributed by atoms with Crippen molar-refractivity contribution in [2.45, 2.75) is 104 Å². The standard InChI is InChI=1S/C37H49F3N2O2/c1-8-27-15-20-31(21-16-27)41-34(43)42(26-28-13-17-29(18-14-28)37(38,39)40)23-11-12-24-44-33-22-19-30(35(4,5)9-2)25-32(33)36(6,7)10-3/h13-22,25H,8-12,23-24,26H2,1-7H3,(H,41,43). The lowest BCUT2D eigenvalue weighted by atomic mass is 9.76. The van der Waals surface area contributed by atoms with E-state index in [2.05, 4.69) is 72.0 Å². The number of carbonyl (C=O) groups is 1. The van der Waals surface area contributed by atoms with Crippen LogP contribution in [0.15, 0.2) is 66.7 Å². The number of halogens is 3. The molecule has 240 valence electrons. The van der Waals surface area contributed by atoms with Gasteiger partial charge >= 0.3 is 12.2 Å². The smallest absolute Gasteiger partial charge is 0.416 e. The van der Waals surface area contributed by atoms with E-state index < -0.39 is 11.7 Å². The third-order valence-corrected chi connectivity index (χ3v) is 8.89. The molecule has 0 aliphatic carbocycles. The molecule has 4 nitrogen and oxygen atoms in total. The second kappa shape index (κ2) is 15.0. The van der Waals surface area contributed by atoms with Gasteiger partial charge in [-0.15, -0.1) is 0 Å². The van der Waals surface area contributed by atoms with Gasteiger partial charge in [-0.25, -0.2) is 4.79 Å². The number of carbonyl (C=O) groups excluding carboxylic acids is 1. The minimum absolute atomic E-state index is 0.0406. The number of anilines is 1. The first-order valence-electron chi connectivity index (χ1n) is 15.8. The summed E-state index contributed by atoms with van der Waals surface area (Å²) in [5.41, 5.74) is 4.31. The van der Waals surface area contributed by atoms with Crippen molar-refractivity contribution < 1.29 is 22.7 Å². The highest BCUT2D eigenvalue weighted by Crippen LogP contribution is 2.38. The van der Waals surface area contributed by atoms with Gasteiger partial charge in [-0.2, -0.15) is 13.2 Å². The molecule has 0 radical (unpaired) electrons. The summed E-state index contributed by atoms with van der Waals surface area (Å²) in [6.07, 6.45) is -0.0888. The molecule has 0 atom stereocenters. The number of aryl methyl sites for hydroxylation is 1. The van der Waals surface area contributed by atoms with Gasteiger partial charge in [0.1, 0.15) is 5.75 Å². The van der Waals surface area contributed by atoms with Crippen LogP contribution in [-0.2, 0) is 30.0 Å². The average molecular weight is 611 g/mol. The Bertz CT molecular complexity index is 1350. The number of hydrogen-bond donors (Lipinski definition) is 1. The fourth-order valence-electron chi connectivity index (χ4n) is 4.89. The molecule has 44 heavy (non-hydrogen) atoms. The van der Waals surface area contributed by atoms with Crippen LogP contribution in [0.4, 0.5) is 23.7 Å². The van der Waals surface area contributed by atoms with E-state index in [1.54, 1.807) is 4.90 Å². The molecule has 3 aromatic carbocycles. The molecule has 0 aromatic heterocycles. The van der Waals surface area contributed by atoms with Gasteiger partial charge in [0.05, 0.1) is 12.2 Å². The Morgan fingerprint density at radius 3 is 1.93 bits per heavy atom.